The molecule has 1 heterocycles. The van der Waals surface area contributed by atoms with E-state index in [1.807, 2.05) is 0 Å². The number of esters is 1. The molecule has 0 aromatic rings. The quantitative estimate of drug-likeness (QED) is 0.141. The molecule has 0 saturated heterocycles. The van der Waals surface area contributed by atoms with Gasteiger partial charge in [0.1, 0.15) is 6.54 Å². The first kappa shape index (κ1) is 28.4. The molecule has 0 bridgehead atoms. The van der Waals surface area contributed by atoms with Crippen LogP contribution in [0.1, 0.15) is 0 Å². The molecule has 0 saturated carbocycles. The fourth-order valence-electron chi connectivity index (χ4n) is 2.17. The molecule has 188 valence electrons. The first-order valence-corrected chi connectivity index (χ1v) is 9.81. The summed E-state index contributed by atoms with van der Waals surface area (Å²) in [5, 5.41) is 2.37. The lowest BCUT2D eigenvalue weighted by molar-refractivity contribution is -0.195. The molecule has 12 nitrogen and oxygen atoms in total. The molecule has 0 unspecified atom stereocenters. The van der Waals surface area contributed by atoms with Gasteiger partial charge in [-0.3, -0.25) is 19.3 Å². The zero-order valence-corrected chi connectivity index (χ0v) is 17.7. The minimum Gasteiger partial charge on any atom is -0.414 e. The molecule has 1 aliphatic rings. The Bertz CT molecular complexity index is 701. The average Bonchev–Trinajstić information content (AvgIpc) is 3.00. The molecule has 3 N–H and O–H groups in total. The maximum Gasteiger partial charge on any atom is 0.491 e. The largest absolute Gasteiger partial charge is 0.491 e. The van der Waals surface area contributed by atoms with Gasteiger partial charge in [0.05, 0.1) is 58.9 Å². The maximum absolute atomic E-state index is 12.2. The minimum atomic E-state index is -5.34. The predicted octanol–water partition coefficient (Wildman–Crippen LogP) is -1.51. The van der Waals surface area contributed by atoms with Crippen molar-refractivity contribution in [3.63, 3.8) is 0 Å². The molecule has 0 aliphatic carbocycles. The molecule has 1 aliphatic heterocycles. The Morgan fingerprint density at radius 3 is 1.94 bits per heavy atom. The molecule has 0 atom stereocenters. The second-order valence-electron chi connectivity index (χ2n) is 6.21. The van der Waals surface area contributed by atoms with Gasteiger partial charge in [0, 0.05) is 13.1 Å². The van der Waals surface area contributed by atoms with Crippen molar-refractivity contribution >= 4 is 23.7 Å². The number of rotatable bonds is 17. The number of nitrogens with two attached hydrogens (primary N) is 1. The van der Waals surface area contributed by atoms with Gasteiger partial charge in [-0.1, -0.05) is 0 Å². The highest BCUT2D eigenvalue weighted by atomic mass is 19.4. The number of carbonyl (C=O) groups is 4. The summed E-state index contributed by atoms with van der Waals surface area (Å²) < 4.78 is 61.3. The zero-order chi connectivity index (χ0) is 24.7. The molecule has 0 aromatic heterocycles. The van der Waals surface area contributed by atoms with Crippen LogP contribution >= 0.6 is 0 Å². The van der Waals surface area contributed by atoms with Crippen molar-refractivity contribution in [3.05, 3.63) is 11.8 Å². The topological polar surface area (TPSA) is 156 Å². The number of amides is 3. The van der Waals surface area contributed by atoms with Gasteiger partial charge >= 0.3 is 12.1 Å². The third-order valence-corrected chi connectivity index (χ3v) is 3.66. The Hall–Kier alpha value is -2.59. The van der Waals surface area contributed by atoms with Crippen molar-refractivity contribution in [2.45, 2.75) is 6.18 Å². The normalized spacial score (nSPS) is 13.9. The summed E-state index contributed by atoms with van der Waals surface area (Å²) in [6.07, 6.45) is -4.93. The Labute approximate surface area is 187 Å². The van der Waals surface area contributed by atoms with E-state index in [0.717, 1.165) is 0 Å². The van der Waals surface area contributed by atoms with Crippen LogP contribution in [0, 0.1) is 0 Å². The number of nitrogens with zero attached hydrogens (tertiary/aromatic N) is 1. The van der Waals surface area contributed by atoms with E-state index in [9.17, 15) is 32.3 Å². The average molecular weight is 485 g/mol. The summed E-state index contributed by atoms with van der Waals surface area (Å²) in [5.41, 5.74) is 5.27. The monoisotopic (exact) mass is 485 g/mol. The molecule has 0 aromatic carbocycles. The smallest absolute Gasteiger partial charge is 0.414 e. The standard InChI is InChI=1S/C18H26F3N3O9/c19-18(20,21)17(28)33-13-11-15(26)24(16(13)27)12-14(25)23-2-4-30-6-8-32-10-9-31-7-5-29-3-1-22/h11H,1-10,12,22H2,(H,23,25). The molecular formula is C18H26F3N3O9. The summed E-state index contributed by atoms with van der Waals surface area (Å²) in [4.78, 5) is 46.5. The number of hydrogen-bond donors (Lipinski definition) is 2. The predicted molar refractivity (Wildman–Crippen MR) is 102 cm³/mol. The fourth-order valence-corrected chi connectivity index (χ4v) is 2.17. The second kappa shape index (κ2) is 15.3. The Morgan fingerprint density at radius 2 is 1.42 bits per heavy atom. The molecule has 15 heteroatoms. The van der Waals surface area contributed by atoms with E-state index in [2.05, 4.69) is 10.1 Å². The third kappa shape index (κ3) is 11.7. The molecule has 3 amide bonds. The van der Waals surface area contributed by atoms with E-state index in [0.29, 0.717) is 57.2 Å². The van der Waals surface area contributed by atoms with Crippen LogP contribution in [0.4, 0.5) is 13.2 Å². The molecule has 33 heavy (non-hydrogen) atoms. The molecule has 1 rings (SSSR count). The zero-order valence-electron chi connectivity index (χ0n) is 17.7. The number of nitrogens with one attached hydrogen (secondary N) is 1. The van der Waals surface area contributed by atoms with Crippen LogP contribution in [0.15, 0.2) is 11.8 Å². The van der Waals surface area contributed by atoms with Gasteiger partial charge in [-0.15, -0.1) is 0 Å². The van der Waals surface area contributed by atoms with Gasteiger partial charge in [-0.05, 0) is 0 Å². The van der Waals surface area contributed by atoms with E-state index in [-0.39, 0.29) is 19.8 Å². The minimum absolute atomic E-state index is 0.0459. The van der Waals surface area contributed by atoms with E-state index < -0.39 is 42.2 Å². The van der Waals surface area contributed by atoms with Crippen molar-refractivity contribution in [1.82, 2.24) is 10.2 Å². The van der Waals surface area contributed by atoms with E-state index in [1.165, 1.54) is 0 Å². The molecule has 0 spiro atoms. The Morgan fingerprint density at radius 1 is 0.909 bits per heavy atom. The molecule has 0 radical (unpaired) electrons. The maximum atomic E-state index is 12.2. The number of halogens is 3. The Balaban J connectivity index is 2.07. The summed E-state index contributed by atoms with van der Waals surface area (Å²) in [7, 11) is 0. The van der Waals surface area contributed by atoms with Crippen LogP contribution in [-0.2, 0) is 42.9 Å². The van der Waals surface area contributed by atoms with Crippen molar-refractivity contribution in [2.24, 2.45) is 5.73 Å². The van der Waals surface area contributed by atoms with Crippen molar-refractivity contribution in [3.8, 4) is 0 Å². The first-order valence-electron chi connectivity index (χ1n) is 9.81. The lowest BCUT2D eigenvalue weighted by Gasteiger charge is -2.14. The van der Waals surface area contributed by atoms with Crippen LogP contribution < -0.4 is 11.1 Å². The van der Waals surface area contributed by atoms with Crippen LogP contribution in [0.2, 0.25) is 0 Å². The van der Waals surface area contributed by atoms with Crippen LogP contribution in [0.3, 0.4) is 0 Å². The van der Waals surface area contributed by atoms with Gasteiger partial charge in [0.2, 0.25) is 11.7 Å². The fraction of sp³-hybridized carbons (Fsp3) is 0.667. The highest BCUT2D eigenvalue weighted by Gasteiger charge is 2.44. The summed E-state index contributed by atoms with van der Waals surface area (Å²) in [6.45, 7) is 2.51. The number of ether oxygens (including phenoxy) is 5. The number of hydrogen-bond acceptors (Lipinski definition) is 10. The summed E-state index contributed by atoms with van der Waals surface area (Å²) >= 11 is 0. The third-order valence-electron chi connectivity index (χ3n) is 3.66. The van der Waals surface area contributed by atoms with Crippen LogP contribution in [0.5, 0.6) is 0 Å². The summed E-state index contributed by atoms with van der Waals surface area (Å²) in [6, 6.07) is 0. The number of carbonyl (C=O) groups excluding carboxylic acids is 4. The van der Waals surface area contributed by atoms with Gasteiger partial charge in [0.15, 0.2) is 0 Å². The van der Waals surface area contributed by atoms with Crippen molar-refractivity contribution in [2.75, 3.05) is 72.5 Å². The van der Waals surface area contributed by atoms with Crippen molar-refractivity contribution in [1.29, 1.82) is 0 Å². The van der Waals surface area contributed by atoms with E-state index in [4.69, 9.17) is 24.7 Å². The molecule has 0 fully saturated rings. The number of alkyl halides is 3. The Kier molecular flexibility index (Phi) is 13.2. The lowest BCUT2D eigenvalue weighted by Crippen LogP contribution is -2.42. The van der Waals surface area contributed by atoms with Crippen molar-refractivity contribution < 1.29 is 56.0 Å². The van der Waals surface area contributed by atoms with E-state index >= 15 is 0 Å². The van der Waals surface area contributed by atoms with Gasteiger partial charge in [0.25, 0.3) is 11.8 Å². The van der Waals surface area contributed by atoms with Gasteiger partial charge in [-0.25, -0.2) is 4.79 Å². The highest BCUT2D eigenvalue weighted by Crippen LogP contribution is 2.21. The lowest BCUT2D eigenvalue weighted by atomic mass is 10.4. The first-order chi connectivity index (χ1) is 15.7. The van der Waals surface area contributed by atoms with Gasteiger partial charge < -0.3 is 34.7 Å². The van der Waals surface area contributed by atoms with Crippen LogP contribution in [-0.4, -0.2) is 107 Å². The molecular weight excluding hydrogens is 459 g/mol. The van der Waals surface area contributed by atoms with Gasteiger partial charge in [-0.2, -0.15) is 13.2 Å². The van der Waals surface area contributed by atoms with E-state index in [1.54, 1.807) is 0 Å². The second-order valence-corrected chi connectivity index (χ2v) is 6.21. The highest BCUT2D eigenvalue weighted by molar-refractivity contribution is 6.17. The summed E-state index contributed by atoms with van der Waals surface area (Å²) in [5.74, 6) is -6.93. The van der Waals surface area contributed by atoms with Crippen LogP contribution in [0.25, 0.3) is 0 Å². The SMILES string of the molecule is NCCOCCOCCOCCOCCNC(=O)CN1C(=O)C=C(OC(=O)C(F)(F)F)C1=O. The number of imide groups is 1.